The van der Waals surface area contributed by atoms with Gasteiger partial charge in [-0.1, -0.05) is 18.3 Å². The number of nitrogens with one attached hydrogen (secondary N) is 2. The lowest BCUT2D eigenvalue weighted by Crippen LogP contribution is -2.42. The van der Waals surface area contributed by atoms with Gasteiger partial charge in [0.05, 0.1) is 4.92 Å². The normalized spacial score (nSPS) is 12.4. The van der Waals surface area contributed by atoms with E-state index in [1.165, 1.54) is 0 Å². The molecular formula is C11H19N3O4S2. The number of thiophene rings is 1. The standard InChI is InChI=1S/C11H19N3O4S2/c1-5-11(3,4)13-20(17,18)9-7-8(14(15)16)10(19-9)12-6-2/h7,12-13H,5-6H2,1-4H3. The molecule has 1 aromatic heterocycles. The van der Waals surface area contributed by atoms with Gasteiger partial charge in [-0.3, -0.25) is 10.1 Å². The molecule has 0 radical (unpaired) electrons. The van der Waals surface area contributed by atoms with Crippen LogP contribution in [0.15, 0.2) is 10.3 Å². The van der Waals surface area contributed by atoms with Crippen LogP contribution < -0.4 is 10.0 Å². The third-order valence-electron chi connectivity index (χ3n) is 2.78. The van der Waals surface area contributed by atoms with Crippen molar-refractivity contribution in [2.45, 2.75) is 43.9 Å². The van der Waals surface area contributed by atoms with Gasteiger partial charge in [0.25, 0.3) is 10.0 Å². The summed E-state index contributed by atoms with van der Waals surface area (Å²) in [4.78, 5) is 10.4. The summed E-state index contributed by atoms with van der Waals surface area (Å²) in [7, 11) is -3.76. The van der Waals surface area contributed by atoms with Crippen molar-refractivity contribution in [3.05, 3.63) is 16.2 Å². The van der Waals surface area contributed by atoms with Crippen LogP contribution in [0.1, 0.15) is 34.1 Å². The Kier molecular flexibility index (Phi) is 5.11. The molecule has 0 atom stereocenters. The fourth-order valence-electron chi connectivity index (χ4n) is 1.40. The molecule has 20 heavy (non-hydrogen) atoms. The maximum atomic E-state index is 12.2. The number of hydrogen-bond donors (Lipinski definition) is 2. The Hall–Kier alpha value is -1.19. The van der Waals surface area contributed by atoms with Crippen LogP contribution in [0.3, 0.4) is 0 Å². The van der Waals surface area contributed by atoms with Gasteiger partial charge in [0, 0.05) is 18.2 Å². The lowest BCUT2D eigenvalue weighted by molar-refractivity contribution is -0.383. The smallest absolute Gasteiger partial charge is 0.304 e. The zero-order chi connectivity index (χ0) is 15.6. The van der Waals surface area contributed by atoms with E-state index < -0.39 is 20.5 Å². The Morgan fingerprint density at radius 1 is 1.40 bits per heavy atom. The lowest BCUT2D eigenvalue weighted by Gasteiger charge is -2.23. The number of hydrogen-bond acceptors (Lipinski definition) is 6. The second kappa shape index (κ2) is 6.06. The SMILES string of the molecule is CCNc1sc(S(=O)(=O)NC(C)(C)CC)cc1[N+](=O)[O-]. The van der Waals surface area contributed by atoms with Gasteiger partial charge in [-0.25, -0.2) is 13.1 Å². The van der Waals surface area contributed by atoms with E-state index in [2.05, 4.69) is 10.0 Å². The number of anilines is 1. The van der Waals surface area contributed by atoms with Gasteiger partial charge in [0.2, 0.25) is 0 Å². The van der Waals surface area contributed by atoms with E-state index in [-0.39, 0.29) is 14.9 Å². The summed E-state index contributed by atoms with van der Waals surface area (Å²) >= 11 is 0.867. The minimum atomic E-state index is -3.76. The van der Waals surface area contributed by atoms with Crippen molar-refractivity contribution < 1.29 is 13.3 Å². The van der Waals surface area contributed by atoms with Crippen LogP contribution in [0.25, 0.3) is 0 Å². The van der Waals surface area contributed by atoms with E-state index in [1.54, 1.807) is 20.8 Å². The summed E-state index contributed by atoms with van der Waals surface area (Å²) in [5.74, 6) is 0. The first-order chi connectivity index (χ1) is 9.13. The molecular weight excluding hydrogens is 302 g/mol. The number of nitrogens with zero attached hydrogens (tertiary/aromatic N) is 1. The van der Waals surface area contributed by atoms with Crippen molar-refractivity contribution in [1.29, 1.82) is 0 Å². The molecule has 7 nitrogen and oxygen atoms in total. The highest BCUT2D eigenvalue weighted by Crippen LogP contribution is 2.37. The maximum absolute atomic E-state index is 12.2. The van der Waals surface area contributed by atoms with Crippen molar-refractivity contribution in [1.82, 2.24) is 4.72 Å². The molecule has 1 heterocycles. The molecule has 0 unspecified atom stereocenters. The maximum Gasteiger partial charge on any atom is 0.304 e. The van der Waals surface area contributed by atoms with Crippen molar-refractivity contribution in [3.63, 3.8) is 0 Å². The zero-order valence-electron chi connectivity index (χ0n) is 11.9. The van der Waals surface area contributed by atoms with Crippen molar-refractivity contribution in [2.75, 3.05) is 11.9 Å². The van der Waals surface area contributed by atoms with Crippen LogP contribution in [-0.4, -0.2) is 25.4 Å². The van der Waals surface area contributed by atoms with Gasteiger partial charge in [0.15, 0.2) is 5.00 Å². The lowest BCUT2D eigenvalue weighted by atomic mass is 10.0. The number of nitro groups is 1. The Bertz CT molecular complexity index is 593. The molecule has 0 fully saturated rings. The molecule has 114 valence electrons. The van der Waals surface area contributed by atoms with Crippen LogP contribution in [0, 0.1) is 10.1 Å². The predicted octanol–water partition coefficient (Wildman–Crippen LogP) is 2.56. The van der Waals surface area contributed by atoms with E-state index in [1.807, 2.05) is 6.92 Å². The minimum Gasteiger partial charge on any atom is -0.372 e. The molecule has 1 aromatic rings. The first kappa shape index (κ1) is 16.9. The van der Waals surface area contributed by atoms with Gasteiger partial charge in [-0.2, -0.15) is 0 Å². The summed E-state index contributed by atoms with van der Waals surface area (Å²) < 4.78 is 27.0. The van der Waals surface area contributed by atoms with Gasteiger partial charge in [0.1, 0.15) is 4.21 Å². The van der Waals surface area contributed by atoms with Gasteiger partial charge in [-0.15, -0.1) is 0 Å². The molecule has 0 saturated heterocycles. The molecule has 0 spiro atoms. The van der Waals surface area contributed by atoms with Crippen molar-refractivity contribution in [2.24, 2.45) is 0 Å². The fraction of sp³-hybridized carbons (Fsp3) is 0.636. The molecule has 0 amide bonds. The topological polar surface area (TPSA) is 101 Å². The third-order valence-corrected chi connectivity index (χ3v) is 6.04. The quantitative estimate of drug-likeness (QED) is 0.593. The summed E-state index contributed by atoms with van der Waals surface area (Å²) in [6.07, 6.45) is 0.611. The highest BCUT2D eigenvalue weighted by Gasteiger charge is 2.30. The largest absolute Gasteiger partial charge is 0.372 e. The second-order valence-corrected chi connectivity index (χ2v) is 7.87. The summed E-state index contributed by atoms with van der Waals surface area (Å²) in [5, 5.41) is 14.0. The van der Waals surface area contributed by atoms with E-state index in [0.29, 0.717) is 13.0 Å². The number of rotatable bonds is 7. The van der Waals surface area contributed by atoms with E-state index in [0.717, 1.165) is 17.4 Å². The van der Waals surface area contributed by atoms with Gasteiger partial charge >= 0.3 is 5.69 Å². The molecule has 0 aliphatic rings. The van der Waals surface area contributed by atoms with Crippen LogP contribution in [0.4, 0.5) is 10.7 Å². The fourth-order valence-corrected chi connectivity index (χ4v) is 4.28. The Balaban J connectivity index is 3.19. The Morgan fingerprint density at radius 2 is 2.00 bits per heavy atom. The van der Waals surface area contributed by atoms with Crippen LogP contribution in [0.5, 0.6) is 0 Å². The average Bonchev–Trinajstić information content (AvgIpc) is 2.73. The molecule has 9 heteroatoms. The van der Waals surface area contributed by atoms with Gasteiger partial charge in [-0.05, 0) is 27.2 Å². The molecule has 2 N–H and O–H groups in total. The average molecular weight is 321 g/mol. The third kappa shape index (κ3) is 3.90. The first-order valence-electron chi connectivity index (χ1n) is 6.19. The molecule has 0 bridgehead atoms. The minimum absolute atomic E-state index is 0.0540. The van der Waals surface area contributed by atoms with E-state index >= 15 is 0 Å². The second-order valence-electron chi connectivity index (χ2n) is 4.91. The van der Waals surface area contributed by atoms with Gasteiger partial charge < -0.3 is 5.32 Å². The first-order valence-corrected chi connectivity index (χ1v) is 8.49. The molecule has 1 rings (SSSR count). The highest BCUT2D eigenvalue weighted by molar-refractivity contribution is 7.91. The summed E-state index contributed by atoms with van der Waals surface area (Å²) in [6, 6.07) is 1.09. The van der Waals surface area contributed by atoms with Crippen LogP contribution in [0.2, 0.25) is 0 Å². The Labute approximate surface area is 122 Å². The Morgan fingerprint density at radius 3 is 2.45 bits per heavy atom. The predicted molar refractivity (Wildman–Crippen MR) is 79.8 cm³/mol. The zero-order valence-corrected chi connectivity index (χ0v) is 13.5. The van der Waals surface area contributed by atoms with Crippen molar-refractivity contribution in [3.8, 4) is 0 Å². The summed E-state index contributed by atoms with van der Waals surface area (Å²) in [5.41, 5.74) is -0.817. The van der Waals surface area contributed by atoms with Crippen LogP contribution >= 0.6 is 11.3 Å². The molecule has 0 aliphatic carbocycles. The summed E-state index contributed by atoms with van der Waals surface area (Å²) in [6.45, 7) is 7.66. The molecule has 0 aliphatic heterocycles. The van der Waals surface area contributed by atoms with E-state index in [4.69, 9.17) is 0 Å². The highest BCUT2D eigenvalue weighted by atomic mass is 32.2. The van der Waals surface area contributed by atoms with Crippen molar-refractivity contribution >= 4 is 32.0 Å². The monoisotopic (exact) mass is 321 g/mol. The molecule has 0 saturated carbocycles. The molecule has 0 aromatic carbocycles. The van der Waals surface area contributed by atoms with E-state index in [9.17, 15) is 18.5 Å². The number of sulfonamides is 1. The van der Waals surface area contributed by atoms with Crippen LogP contribution in [-0.2, 0) is 10.0 Å².